The van der Waals surface area contributed by atoms with E-state index in [1.807, 2.05) is 11.4 Å². The SMILES string of the molecule is O=C(CCNC(=O)c1cccs1)Nc1nnc(C2CC2)s1. The summed E-state index contributed by atoms with van der Waals surface area (Å²) in [6.45, 7) is 0.302. The normalized spacial score (nSPS) is 13.9. The molecule has 0 bridgehead atoms. The zero-order chi connectivity index (χ0) is 14.7. The van der Waals surface area contributed by atoms with Crippen LogP contribution in [0.25, 0.3) is 0 Å². The summed E-state index contributed by atoms with van der Waals surface area (Å²) in [7, 11) is 0. The van der Waals surface area contributed by atoms with Crippen molar-refractivity contribution in [3.8, 4) is 0 Å². The Morgan fingerprint density at radius 3 is 2.90 bits per heavy atom. The van der Waals surface area contributed by atoms with E-state index in [0.29, 0.717) is 22.5 Å². The molecule has 0 aliphatic heterocycles. The molecule has 1 fully saturated rings. The first-order valence-corrected chi connectivity index (χ1v) is 8.37. The van der Waals surface area contributed by atoms with Crippen LogP contribution in [-0.2, 0) is 4.79 Å². The van der Waals surface area contributed by atoms with Gasteiger partial charge in [0.15, 0.2) is 0 Å². The fraction of sp³-hybridized carbons (Fsp3) is 0.385. The van der Waals surface area contributed by atoms with Crippen LogP contribution in [0.15, 0.2) is 17.5 Å². The topological polar surface area (TPSA) is 84.0 Å². The van der Waals surface area contributed by atoms with Crippen LogP contribution in [0.3, 0.4) is 0 Å². The number of amides is 2. The van der Waals surface area contributed by atoms with Gasteiger partial charge in [0.1, 0.15) is 5.01 Å². The van der Waals surface area contributed by atoms with Gasteiger partial charge in [0.05, 0.1) is 4.88 Å². The van der Waals surface area contributed by atoms with E-state index in [0.717, 1.165) is 17.8 Å². The summed E-state index contributed by atoms with van der Waals surface area (Å²) in [6.07, 6.45) is 2.55. The average molecular weight is 322 g/mol. The lowest BCUT2D eigenvalue weighted by molar-refractivity contribution is -0.116. The second-order valence-electron chi connectivity index (χ2n) is 4.75. The molecule has 0 unspecified atom stereocenters. The van der Waals surface area contributed by atoms with Crippen molar-refractivity contribution >= 4 is 39.6 Å². The molecule has 2 aromatic rings. The Balaban J connectivity index is 1.40. The van der Waals surface area contributed by atoms with Gasteiger partial charge in [0.2, 0.25) is 11.0 Å². The number of nitrogens with zero attached hydrogens (tertiary/aromatic N) is 2. The molecule has 8 heteroatoms. The molecule has 1 aliphatic rings. The molecule has 1 aliphatic carbocycles. The van der Waals surface area contributed by atoms with Crippen molar-refractivity contribution < 1.29 is 9.59 Å². The van der Waals surface area contributed by atoms with Crippen molar-refractivity contribution in [1.29, 1.82) is 0 Å². The number of carbonyl (C=O) groups is 2. The van der Waals surface area contributed by atoms with E-state index in [1.54, 1.807) is 6.07 Å². The summed E-state index contributed by atoms with van der Waals surface area (Å²) in [5, 5.41) is 16.8. The Labute approximate surface area is 129 Å². The number of thiophene rings is 1. The van der Waals surface area contributed by atoms with Crippen LogP contribution in [0, 0.1) is 0 Å². The zero-order valence-corrected chi connectivity index (χ0v) is 12.8. The molecule has 0 aromatic carbocycles. The molecule has 0 atom stereocenters. The van der Waals surface area contributed by atoms with Crippen LogP contribution >= 0.6 is 22.7 Å². The minimum Gasteiger partial charge on any atom is -0.351 e. The minimum atomic E-state index is -0.167. The standard InChI is InChI=1S/C13H14N4O2S2/c18-10(5-6-14-11(19)9-2-1-7-20-9)15-13-17-16-12(21-13)8-3-4-8/h1-2,7-8H,3-6H2,(H,14,19)(H,15,17,18). The van der Waals surface area contributed by atoms with Gasteiger partial charge in [-0.1, -0.05) is 17.4 Å². The van der Waals surface area contributed by atoms with Crippen LogP contribution in [0.2, 0.25) is 0 Å². The van der Waals surface area contributed by atoms with Gasteiger partial charge in [-0.05, 0) is 24.3 Å². The van der Waals surface area contributed by atoms with E-state index in [2.05, 4.69) is 20.8 Å². The first-order valence-electron chi connectivity index (χ1n) is 6.67. The second-order valence-corrected chi connectivity index (χ2v) is 6.71. The van der Waals surface area contributed by atoms with Crippen molar-refractivity contribution in [1.82, 2.24) is 15.5 Å². The number of nitrogens with one attached hydrogen (secondary N) is 2. The Hall–Kier alpha value is -1.80. The number of rotatable bonds is 6. The molecular formula is C13H14N4O2S2. The van der Waals surface area contributed by atoms with Crippen molar-refractivity contribution in [3.05, 3.63) is 27.4 Å². The van der Waals surface area contributed by atoms with Gasteiger partial charge in [0.25, 0.3) is 5.91 Å². The van der Waals surface area contributed by atoms with Crippen molar-refractivity contribution in [2.45, 2.75) is 25.2 Å². The molecule has 2 amide bonds. The average Bonchev–Trinajstić information content (AvgIpc) is 2.99. The third-order valence-corrected chi connectivity index (χ3v) is 4.87. The van der Waals surface area contributed by atoms with E-state index in [-0.39, 0.29) is 18.2 Å². The molecule has 110 valence electrons. The molecule has 0 radical (unpaired) electrons. The summed E-state index contributed by atoms with van der Waals surface area (Å²) < 4.78 is 0. The molecule has 0 spiro atoms. The lowest BCUT2D eigenvalue weighted by Crippen LogP contribution is -2.27. The first kappa shape index (κ1) is 14.2. The van der Waals surface area contributed by atoms with Gasteiger partial charge in [-0.2, -0.15) is 0 Å². The van der Waals surface area contributed by atoms with E-state index in [1.165, 1.54) is 22.7 Å². The first-order chi connectivity index (χ1) is 10.2. The molecule has 3 rings (SSSR count). The van der Waals surface area contributed by atoms with Crippen molar-refractivity contribution in [2.75, 3.05) is 11.9 Å². The molecule has 6 nitrogen and oxygen atoms in total. The Morgan fingerprint density at radius 1 is 1.33 bits per heavy atom. The fourth-order valence-corrected chi connectivity index (χ4v) is 3.32. The predicted octanol–water partition coefficient (Wildman–Crippen LogP) is 2.24. The highest BCUT2D eigenvalue weighted by atomic mass is 32.1. The summed E-state index contributed by atoms with van der Waals surface area (Å²) in [6, 6.07) is 3.57. The smallest absolute Gasteiger partial charge is 0.261 e. The van der Waals surface area contributed by atoms with Gasteiger partial charge in [0, 0.05) is 18.9 Å². The van der Waals surface area contributed by atoms with Crippen LogP contribution in [0.4, 0.5) is 5.13 Å². The van der Waals surface area contributed by atoms with E-state index in [4.69, 9.17) is 0 Å². The maximum absolute atomic E-state index is 11.8. The van der Waals surface area contributed by atoms with Crippen molar-refractivity contribution in [3.63, 3.8) is 0 Å². The Morgan fingerprint density at radius 2 is 2.19 bits per heavy atom. The highest BCUT2D eigenvalue weighted by Gasteiger charge is 2.27. The fourth-order valence-electron chi connectivity index (χ4n) is 1.75. The van der Waals surface area contributed by atoms with Crippen LogP contribution in [0.1, 0.15) is 39.9 Å². The molecule has 2 heterocycles. The highest BCUT2D eigenvalue weighted by molar-refractivity contribution is 7.15. The summed E-state index contributed by atoms with van der Waals surface area (Å²) in [4.78, 5) is 24.1. The molecule has 1 saturated carbocycles. The maximum Gasteiger partial charge on any atom is 0.261 e. The number of carbonyl (C=O) groups excluding carboxylic acids is 2. The maximum atomic E-state index is 11.8. The lowest BCUT2D eigenvalue weighted by Gasteiger charge is -2.03. The third kappa shape index (κ3) is 3.85. The summed E-state index contributed by atoms with van der Waals surface area (Å²) in [5.74, 6) is 0.225. The minimum absolute atomic E-state index is 0.148. The number of hydrogen-bond donors (Lipinski definition) is 2. The van der Waals surface area contributed by atoms with Gasteiger partial charge in [-0.25, -0.2) is 0 Å². The van der Waals surface area contributed by atoms with Gasteiger partial charge in [-0.3, -0.25) is 9.59 Å². The van der Waals surface area contributed by atoms with E-state index < -0.39 is 0 Å². The largest absolute Gasteiger partial charge is 0.351 e. The molecule has 0 saturated heterocycles. The summed E-state index contributed by atoms with van der Waals surface area (Å²) >= 11 is 2.80. The monoisotopic (exact) mass is 322 g/mol. The zero-order valence-electron chi connectivity index (χ0n) is 11.2. The lowest BCUT2D eigenvalue weighted by atomic mass is 10.4. The van der Waals surface area contributed by atoms with Gasteiger partial charge >= 0.3 is 0 Å². The Bertz CT molecular complexity index is 634. The van der Waals surface area contributed by atoms with Crippen LogP contribution in [-0.4, -0.2) is 28.6 Å². The summed E-state index contributed by atoms with van der Waals surface area (Å²) in [5.41, 5.74) is 0. The van der Waals surface area contributed by atoms with Gasteiger partial charge < -0.3 is 10.6 Å². The predicted molar refractivity (Wildman–Crippen MR) is 81.8 cm³/mol. The van der Waals surface area contributed by atoms with E-state index >= 15 is 0 Å². The second kappa shape index (κ2) is 6.31. The molecule has 21 heavy (non-hydrogen) atoms. The molecule has 2 aromatic heterocycles. The number of anilines is 1. The van der Waals surface area contributed by atoms with Gasteiger partial charge in [-0.15, -0.1) is 21.5 Å². The third-order valence-electron chi connectivity index (χ3n) is 3.00. The molecule has 2 N–H and O–H groups in total. The van der Waals surface area contributed by atoms with Crippen molar-refractivity contribution in [2.24, 2.45) is 0 Å². The quantitative estimate of drug-likeness (QED) is 0.854. The highest BCUT2D eigenvalue weighted by Crippen LogP contribution is 2.41. The van der Waals surface area contributed by atoms with E-state index in [9.17, 15) is 9.59 Å². The molecular weight excluding hydrogens is 308 g/mol. The number of aromatic nitrogens is 2. The Kier molecular flexibility index (Phi) is 4.26. The number of hydrogen-bond acceptors (Lipinski definition) is 6. The van der Waals surface area contributed by atoms with Crippen LogP contribution < -0.4 is 10.6 Å². The van der Waals surface area contributed by atoms with Crippen LogP contribution in [0.5, 0.6) is 0 Å².